The molecule has 1 unspecified atom stereocenters. The molecule has 1 atom stereocenters. The van der Waals surface area contributed by atoms with Crippen LogP contribution in [0.15, 0.2) is 22.8 Å². The number of nitrogens with one attached hydrogen (secondary N) is 1. The lowest BCUT2D eigenvalue weighted by molar-refractivity contribution is 0.356. The van der Waals surface area contributed by atoms with E-state index in [0.29, 0.717) is 12.0 Å². The number of anilines is 1. The molecule has 0 saturated heterocycles. The van der Waals surface area contributed by atoms with Gasteiger partial charge in [0.05, 0.1) is 4.47 Å². The third kappa shape index (κ3) is 5.50. The molecule has 0 aliphatic carbocycles. The van der Waals surface area contributed by atoms with E-state index in [2.05, 4.69) is 59.1 Å². The van der Waals surface area contributed by atoms with Crippen LogP contribution < -0.4 is 5.32 Å². The van der Waals surface area contributed by atoms with Gasteiger partial charge < -0.3 is 10.2 Å². The van der Waals surface area contributed by atoms with Crippen LogP contribution in [0.25, 0.3) is 0 Å². The minimum Gasteiger partial charge on any atom is -0.365 e. The largest absolute Gasteiger partial charge is 0.365 e. The Kier molecular flexibility index (Phi) is 5.92. The van der Waals surface area contributed by atoms with E-state index in [-0.39, 0.29) is 0 Å². The number of likely N-dealkylation sites (N-methyl/N-ethyl adjacent to an activating group) is 1. The fourth-order valence-corrected chi connectivity index (χ4v) is 2.24. The first-order chi connectivity index (χ1) is 7.99. The number of nitrogens with zero attached hydrogens (tertiary/aromatic N) is 2. The summed E-state index contributed by atoms with van der Waals surface area (Å²) < 4.78 is 1.02. The van der Waals surface area contributed by atoms with Gasteiger partial charge in [0.15, 0.2) is 0 Å². The first-order valence-electron chi connectivity index (χ1n) is 6.00. The van der Waals surface area contributed by atoms with E-state index in [1.165, 1.54) is 0 Å². The van der Waals surface area contributed by atoms with Crippen molar-refractivity contribution in [1.82, 2.24) is 9.88 Å². The minimum absolute atomic E-state index is 0.427. The van der Waals surface area contributed by atoms with Crippen LogP contribution in [0, 0.1) is 5.92 Å². The van der Waals surface area contributed by atoms with Crippen LogP contribution in [0.4, 0.5) is 5.82 Å². The van der Waals surface area contributed by atoms with Crippen molar-refractivity contribution in [2.75, 3.05) is 26.0 Å². The number of pyridine rings is 1. The molecule has 17 heavy (non-hydrogen) atoms. The summed E-state index contributed by atoms with van der Waals surface area (Å²) in [6.45, 7) is 5.51. The molecule has 0 bridgehead atoms. The van der Waals surface area contributed by atoms with Gasteiger partial charge in [-0.25, -0.2) is 4.98 Å². The molecule has 1 aromatic rings. The van der Waals surface area contributed by atoms with Crippen molar-refractivity contribution in [3.8, 4) is 0 Å². The highest BCUT2D eigenvalue weighted by atomic mass is 79.9. The predicted molar refractivity (Wildman–Crippen MR) is 77.4 cm³/mol. The second kappa shape index (κ2) is 6.97. The molecular weight excluding hydrogens is 278 g/mol. The lowest BCUT2D eigenvalue weighted by Crippen LogP contribution is -2.33. The Morgan fingerprint density at radius 3 is 2.65 bits per heavy atom. The zero-order valence-corrected chi connectivity index (χ0v) is 12.7. The van der Waals surface area contributed by atoms with Gasteiger partial charge in [-0.2, -0.15) is 0 Å². The fraction of sp³-hybridized carbons (Fsp3) is 0.615. The Morgan fingerprint density at radius 2 is 2.12 bits per heavy atom. The van der Waals surface area contributed by atoms with Crippen LogP contribution in [0.5, 0.6) is 0 Å². The highest BCUT2D eigenvalue weighted by molar-refractivity contribution is 9.10. The van der Waals surface area contributed by atoms with E-state index in [1.54, 1.807) is 0 Å². The van der Waals surface area contributed by atoms with Crippen molar-refractivity contribution < 1.29 is 0 Å². The molecule has 0 aliphatic heterocycles. The molecule has 1 aromatic heterocycles. The van der Waals surface area contributed by atoms with Gasteiger partial charge in [-0.15, -0.1) is 0 Å². The molecule has 0 saturated carbocycles. The lowest BCUT2D eigenvalue weighted by Gasteiger charge is -2.24. The zero-order chi connectivity index (χ0) is 12.8. The average molecular weight is 300 g/mol. The lowest BCUT2D eigenvalue weighted by atomic mass is 10.0. The molecular formula is C13H22BrN3. The maximum Gasteiger partial charge on any atom is 0.140 e. The molecule has 0 fully saturated rings. The van der Waals surface area contributed by atoms with Crippen molar-refractivity contribution in [2.45, 2.75) is 26.3 Å². The summed E-state index contributed by atoms with van der Waals surface area (Å²) in [6.07, 6.45) is 2.95. The van der Waals surface area contributed by atoms with Gasteiger partial charge in [0.2, 0.25) is 0 Å². The topological polar surface area (TPSA) is 28.2 Å². The number of halogens is 1. The van der Waals surface area contributed by atoms with E-state index in [1.807, 2.05) is 18.3 Å². The van der Waals surface area contributed by atoms with Gasteiger partial charge in [-0.3, -0.25) is 0 Å². The molecule has 0 aromatic carbocycles. The Morgan fingerprint density at radius 1 is 1.41 bits per heavy atom. The smallest absolute Gasteiger partial charge is 0.140 e. The summed E-state index contributed by atoms with van der Waals surface area (Å²) in [5, 5.41) is 3.51. The number of hydrogen-bond donors (Lipinski definition) is 1. The highest BCUT2D eigenvalue weighted by Gasteiger charge is 2.13. The second-order valence-electron chi connectivity index (χ2n) is 5.07. The maximum absolute atomic E-state index is 4.36. The van der Waals surface area contributed by atoms with Crippen LogP contribution in [-0.4, -0.2) is 36.6 Å². The molecule has 4 heteroatoms. The van der Waals surface area contributed by atoms with Crippen molar-refractivity contribution in [1.29, 1.82) is 0 Å². The van der Waals surface area contributed by atoms with Crippen LogP contribution in [-0.2, 0) is 0 Å². The van der Waals surface area contributed by atoms with Crippen LogP contribution in [0.3, 0.4) is 0 Å². The first-order valence-corrected chi connectivity index (χ1v) is 6.80. The van der Waals surface area contributed by atoms with Gasteiger partial charge in [-0.1, -0.05) is 13.8 Å². The van der Waals surface area contributed by atoms with Crippen LogP contribution in [0.1, 0.15) is 20.3 Å². The Bertz CT molecular complexity index is 329. The molecule has 1 rings (SSSR count). The van der Waals surface area contributed by atoms with E-state index >= 15 is 0 Å². The molecule has 0 amide bonds. The minimum atomic E-state index is 0.427. The quantitative estimate of drug-likeness (QED) is 0.874. The summed E-state index contributed by atoms with van der Waals surface area (Å²) in [4.78, 5) is 6.56. The van der Waals surface area contributed by atoms with Crippen molar-refractivity contribution in [3.63, 3.8) is 0 Å². The van der Waals surface area contributed by atoms with E-state index in [4.69, 9.17) is 0 Å². The second-order valence-corrected chi connectivity index (χ2v) is 5.92. The number of aromatic nitrogens is 1. The normalized spacial score (nSPS) is 13.1. The predicted octanol–water partition coefficient (Wildman–Crippen LogP) is 3.23. The third-order valence-corrected chi connectivity index (χ3v) is 3.08. The standard InChI is InChI=1S/C13H22BrN3/c1-10(2)8-11(9-17(3)4)16-13-12(14)6-5-7-15-13/h5-7,10-11H,8-9H2,1-4H3,(H,15,16). The Balaban J connectivity index is 2.68. The van der Waals surface area contributed by atoms with E-state index < -0.39 is 0 Å². The molecule has 3 nitrogen and oxygen atoms in total. The third-order valence-electron chi connectivity index (χ3n) is 2.44. The molecule has 0 spiro atoms. The molecule has 0 aliphatic rings. The van der Waals surface area contributed by atoms with Gasteiger partial charge in [0.1, 0.15) is 5.82 Å². The molecule has 1 N–H and O–H groups in total. The summed E-state index contributed by atoms with van der Waals surface area (Å²) in [5.74, 6) is 1.61. The zero-order valence-electron chi connectivity index (χ0n) is 11.1. The van der Waals surface area contributed by atoms with Gasteiger partial charge in [-0.05, 0) is 54.5 Å². The van der Waals surface area contributed by atoms with E-state index in [9.17, 15) is 0 Å². The molecule has 0 radical (unpaired) electrons. The molecule has 96 valence electrons. The van der Waals surface area contributed by atoms with E-state index in [0.717, 1.165) is 23.3 Å². The first kappa shape index (κ1) is 14.5. The summed E-state index contributed by atoms with van der Waals surface area (Å²) in [6, 6.07) is 4.37. The van der Waals surface area contributed by atoms with Crippen LogP contribution >= 0.6 is 15.9 Å². The van der Waals surface area contributed by atoms with Gasteiger partial charge in [0, 0.05) is 18.8 Å². The van der Waals surface area contributed by atoms with Gasteiger partial charge in [0.25, 0.3) is 0 Å². The Labute approximate surface area is 113 Å². The molecule has 1 heterocycles. The highest BCUT2D eigenvalue weighted by Crippen LogP contribution is 2.20. The number of hydrogen-bond acceptors (Lipinski definition) is 3. The van der Waals surface area contributed by atoms with Crippen molar-refractivity contribution >= 4 is 21.7 Å². The summed E-state index contributed by atoms with van der Waals surface area (Å²) in [5.41, 5.74) is 0. The summed E-state index contributed by atoms with van der Waals surface area (Å²) in [7, 11) is 4.20. The van der Waals surface area contributed by atoms with Crippen molar-refractivity contribution in [2.24, 2.45) is 5.92 Å². The number of rotatable bonds is 6. The van der Waals surface area contributed by atoms with Gasteiger partial charge >= 0.3 is 0 Å². The Hall–Kier alpha value is -0.610. The maximum atomic E-state index is 4.36. The van der Waals surface area contributed by atoms with Crippen molar-refractivity contribution in [3.05, 3.63) is 22.8 Å². The average Bonchev–Trinajstić information content (AvgIpc) is 2.19. The fourth-order valence-electron chi connectivity index (χ4n) is 1.87. The summed E-state index contributed by atoms with van der Waals surface area (Å²) >= 11 is 3.52. The SMILES string of the molecule is CC(C)CC(CN(C)C)Nc1ncccc1Br. The monoisotopic (exact) mass is 299 g/mol. The van der Waals surface area contributed by atoms with Crippen LogP contribution in [0.2, 0.25) is 0 Å².